The number of esters is 1. The highest BCUT2D eigenvalue weighted by Gasteiger charge is 2.11. The lowest BCUT2D eigenvalue weighted by molar-refractivity contribution is -0.146. The van der Waals surface area contributed by atoms with Gasteiger partial charge >= 0.3 is 5.97 Å². The van der Waals surface area contributed by atoms with E-state index in [1.807, 2.05) is 19.9 Å². The maximum absolute atomic E-state index is 11.5. The number of unbranched alkanes of at least 4 members (excludes halogenated alkanes) is 1. The molecule has 0 saturated heterocycles. The zero-order chi connectivity index (χ0) is 14.3. The van der Waals surface area contributed by atoms with Crippen LogP contribution in [0.3, 0.4) is 0 Å². The van der Waals surface area contributed by atoms with Crippen LogP contribution in [0.25, 0.3) is 0 Å². The predicted octanol–water partition coefficient (Wildman–Crippen LogP) is 2.97. The zero-order valence-electron chi connectivity index (χ0n) is 11.2. The molecule has 1 rings (SSSR count). The number of ether oxygens (including phenoxy) is 2. The topological polar surface area (TPSA) is 55.8 Å². The number of aryl methyl sites for hydroxylation is 1. The molecular formula is C14H19BrO4. The van der Waals surface area contributed by atoms with E-state index in [1.54, 1.807) is 6.07 Å². The Hall–Kier alpha value is -1.07. The smallest absolute Gasteiger partial charge is 0.344 e. The molecule has 4 nitrogen and oxygen atoms in total. The number of hydrogen-bond acceptors (Lipinski definition) is 4. The summed E-state index contributed by atoms with van der Waals surface area (Å²) < 4.78 is 11.3. The van der Waals surface area contributed by atoms with Crippen molar-refractivity contribution >= 4 is 21.9 Å². The molecule has 0 aliphatic carbocycles. The number of aliphatic hydroxyl groups is 1. The number of hydrogen-bond donors (Lipinski definition) is 1. The Morgan fingerprint density at radius 1 is 1.42 bits per heavy atom. The van der Waals surface area contributed by atoms with Gasteiger partial charge in [0.1, 0.15) is 5.75 Å². The van der Waals surface area contributed by atoms with Crippen LogP contribution in [0.4, 0.5) is 0 Å². The summed E-state index contributed by atoms with van der Waals surface area (Å²) >= 11 is 3.35. The minimum absolute atomic E-state index is 0.138. The van der Waals surface area contributed by atoms with E-state index < -0.39 is 0 Å². The molecule has 0 spiro atoms. The van der Waals surface area contributed by atoms with E-state index in [4.69, 9.17) is 9.47 Å². The first-order chi connectivity index (χ1) is 9.08. The number of halogens is 1. The quantitative estimate of drug-likeness (QED) is 0.616. The largest absolute Gasteiger partial charge is 0.481 e. The van der Waals surface area contributed by atoms with Gasteiger partial charge in [0.15, 0.2) is 6.61 Å². The number of aliphatic hydroxyl groups excluding tert-OH is 1. The summed E-state index contributed by atoms with van der Waals surface area (Å²) in [5, 5.41) is 9.29. The third-order valence-electron chi connectivity index (χ3n) is 2.58. The SMILES string of the molecule is CCCCOC(=O)COc1c(C)cc(Br)cc1CO. The third kappa shape index (κ3) is 5.20. The molecule has 0 aromatic heterocycles. The van der Waals surface area contributed by atoms with Crippen molar-refractivity contribution in [3.05, 3.63) is 27.7 Å². The van der Waals surface area contributed by atoms with E-state index in [0.29, 0.717) is 17.9 Å². The molecule has 0 aliphatic rings. The van der Waals surface area contributed by atoms with Crippen molar-refractivity contribution in [1.82, 2.24) is 0 Å². The van der Waals surface area contributed by atoms with Gasteiger partial charge in [0, 0.05) is 10.0 Å². The highest BCUT2D eigenvalue weighted by molar-refractivity contribution is 9.10. The molecular weight excluding hydrogens is 312 g/mol. The van der Waals surface area contributed by atoms with Crippen LogP contribution < -0.4 is 4.74 Å². The maximum atomic E-state index is 11.5. The number of benzene rings is 1. The second-order valence-electron chi connectivity index (χ2n) is 4.23. The van der Waals surface area contributed by atoms with E-state index >= 15 is 0 Å². The average Bonchev–Trinajstić information content (AvgIpc) is 2.37. The molecule has 0 radical (unpaired) electrons. The molecule has 0 bridgehead atoms. The minimum atomic E-state index is -0.389. The van der Waals surface area contributed by atoms with Crippen LogP contribution >= 0.6 is 15.9 Å². The van der Waals surface area contributed by atoms with Gasteiger partial charge in [-0.2, -0.15) is 0 Å². The standard InChI is InChI=1S/C14H19BrO4/c1-3-4-5-18-13(17)9-19-14-10(2)6-12(15)7-11(14)8-16/h6-7,16H,3-5,8-9H2,1-2H3. The van der Waals surface area contributed by atoms with Gasteiger partial charge in [0.25, 0.3) is 0 Å². The van der Waals surface area contributed by atoms with Crippen LogP contribution in [0.5, 0.6) is 5.75 Å². The third-order valence-corrected chi connectivity index (χ3v) is 3.04. The molecule has 1 aromatic rings. The summed E-state index contributed by atoms with van der Waals surface area (Å²) in [5.74, 6) is 0.151. The van der Waals surface area contributed by atoms with E-state index in [2.05, 4.69) is 15.9 Å². The van der Waals surface area contributed by atoms with Gasteiger partial charge < -0.3 is 14.6 Å². The van der Waals surface area contributed by atoms with Gasteiger partial charge in [0.05, 0.1) is 13.2 Å². The summed E-state index contributed by atoms with van der Waals surface area (Å²) in [5.41, 5.74) is 1.51. The Labute approximate surface area is 121 Å². The molecule has 5 heteroatoms. The summed E-state index contributed by atoms with van der Waals surface area (Å²) in [4.78, 5) is 11.5. The van der Waals surface area contributed by atoms with E-state index in [9.17, 15) is 9.90 Å². The van der Waals surface area contributed by atoms with Gasteiger partial charge in [-0.25, -0.2) is 4.79 Å². The lowest BCUT2D eigenvalue weighted by atomic mass is 10.1. The minimum Gasteiger partial charge on any atom is -0.481 e. The van der Waals surface area contributed by atoms with E-state index in [1.165, 1.54) is 0 Å². The van der Waals surface area contributed by atoms with Crippen LogP contribution in [0, 0.1) is 6.92 Å². The fourth-order valence-corrected chi connectivity index (χ4v) is 2.25. The van der Waals surface area contributed by atoms with Crippen molar-refractivity contribution in [3.63, 3.8) is 0 Å². The van der Waals surface area contributed by atoms with Gasteiger partial charge in [-0.3, -0.25) is 0 Å². The van der Waals surface area contributed by atoms with Crippen LogP contribution in [0.2, 0.25) is 0 Å². The Balaban J connectivity index is 2.60. The molecule has 1 aromatic carbocycles. The first-order valence-corrected chi connectivity index (χ1v) is 7.06. The van der Waals surface area contributed by atoms with Crippen molar-refractivity contribution in [1.29, 1.82) is 0 Å². The first-order valence-electron chi connectivity index (χ1n) is 6.26. The number of carbonyl (C=O) groups is 1. The van der Waals surface area contributed by atoms with Gasteiger partial charge in [-0.05, 0) is 31.0 Å². The molecule has 0 heterocycles. The Kier molecular flexibility index (Phi) is 6.87. The Morgan fingerprint density at radius 3 is 2.79 bits per heavy atom. The number of rotatable bonds is 7. The van der Waals surface area contributed by atoms with Crippen molar-refractivity contribution in [2.45, 2.75) is 33.3 Å². The predicted molar refractivity (Wildman–Crippen MR) is 76.2 cm³/mol. The van der Waals surface area contributed by atoms with Crippen LogP contribution in [-0.2, 0) is 16.1 Å². The fraction of sp³-hybridized carbons (Fsp3) is 0.500. The maximum Gasteiger partial charge on any atom is 0.344 e. The Bertz CT molecular complexity index is 432. The monoisotopic (exact) mass is 330 g/mol. The average molecular weight is 331 g/mol. The van der Waals surface area contributed by atoms with Gasteiger partial charge in [0.2, 0.25) is 0 Å². The van der Waals surface area contributed by atoms with Crippen molar-refractivity contribution < 1.29 is 19.4 Å². The Morgan fingerprint density at radius 2 is 2.16 bits per heavy atom. The summed E-state index contributed by atoms with van der Waals surface area (Å²) in [6, 6.07) is 3.64. The van der Waals surface area contributed by atoms with Gasteiger partial charge in [-0.15, -0.1) is 0 Å². The fourth-order valence-electron chi connectivity index (χ4n) is 1.63. The molecule has 0 fully saturated rings. The van der Waals surface area contributed by atoms with E-state index in [0.717, 1.165) is 22.9 Å². The van der Waals surface area contributed by atoms with Crippen molar-refractivity contribution in [3.8, 4) is 5.75 Å². The molecule has 106 valence electrons. The molecule has 0 aliphatic heterocycles. The number of carbonyl (C=O) groups excluding carboxylic acids is 1. The van der Waals surface area contributed by atoms with Crippen LogP contribution in [0.15, 0.2) is 16.6 Å². The molecule has 0 saturated carbocycles. The highest BCUT2D eigenvalue weighted by atomic mass is 79.9. The molecule has 1 N–H and O–H groups in total. The highest BCUT2D eigenvalue weighted by Crippen LogP contribution is 2.28. The molecule has 0 unspecified atom stereocenters. The molecule has 0 atom stereocenters. The molecule has 19 heavy (non-hydrogen) atoms. The summed E-state index contributed by atoms with van der Waals surface area (Å²) in [6.45, 7) is 4.04. The van der Waals surface area contributed by atoms with Crippen molar-refractivity contribution in [2.24, 2.45) is 0 Å². The normalized spacial score (nSPS) is 10.3. The second kappa shape index (κ2) is 8.17. The summed E-state index contributed by atoms with van der Waals surface area (Å²) in [6.07, 6.45) is 1.83. The second-order valence-corrected chi connectivity index (χ2v) is 5.15. The molecule has 0 amide bonds. The lowest BCUT2D eigenvalue weighted by Gasteiger charge is -2.13. The van der Waals surface area contributed by atoms with Crippen LogP contribution in [0.1, 0.15) is 30.9 Å². The van der Waals surface area contributed by atoms with Gasteiger partial charge in [-0.1, -0.05) is 29.3 Å². The van der Waals surface area contributed by atoms with Crippen molar-refractivity contribution in [2.75, 3.05) is 13.2 Å². The van der Waals surface area contributed by atoms with E-state index in [-0.39, 0.29) is 19.2 Å². The lowest BCUT2D eigenvalue weighted by Crippen LogP contribution is -2.16. The van der Waals surface area contributed by atoms with Crippen LogP contribution in [-0.4, -0.2) is 24.3 Å². The zero-order valence-corrected chi connectivity index (χ0v) is 12.8. The first kappa shape index (κ1) is 16.0. The summed E-state index contributed by atoms with van der Waals surface area (Å²) in [7, 11) is 0.